The molecule has 0 atom stereocenters. The van der Waals surface area contributed by atoms with Crippen LogP contribution in [0.3, 0.4) is 0 Å². The lowest BCUT2D eigenvalue weighted by Crippen LogP contribution is -2.31. The van der Waals surface area contributed by atoms with Gasteiger partial charge in [-0.05, 0) is 24.6 Å². The summed E-state index contributed by atoms with van der Waals surface area (Å²) in [4.78, 5) is 37.1. The Labute approximate surface area is 145 Å². The van der Waals surface area contributed by atoms with E-state index >= 15 is 0 Å². The maximum atomic E-state index is 12.5. The molecular weight excluding hydrogens is 326 g/mol. The highest BCUT2D eigenvalue weighted by Crippen LogP contribution is 2.26. The van der Waals surface area contributed by atoms with Gasteiger partial charge in [0.05, 0.1) is 25.8 Å². The minimum atomic E-state index is -0.605. The van der Waals surface area contributed by atoms with Gasteiger partial charge in [0.2, 0.25) is 5.91 Å². The number of amides is 2. The van der Waals surface area contributed by atoms with Crippen molar-refractivity contribution in [2.24, 2.45) is 0 Å². The van der Waals surface area contributed by atoms with Crippen molar-refractivity contribution >= 4 is 29.2 Å². The number of carbonyl (C=O) groups excluding carboxylic acids is 3. The Bertz CT molecular complexity index is 742. The molecular formula is C17H21N3O5. The van der Waals surface area contributed by atoms with Crippen LogP contribution in [0.2, 0.25) is 0 Å². The lowest BCUT2D eigenvalue weighted by atomic mass is 10.1. The molecule has 1 aliphatic heterocycles. The number of benzene rings is 1. The average molecular weight is 347 g/mol. The molecule has 8 heteroatoms. The Hall–Kier alpha value is -2.87. The van der Waals surface area contributed by atoms with E-state index in [-0.39, 0.29) is 36.9 Å². The Morgan fingerprint density at radius 2 is 2.08 bits per heavy atom. The highest BCUT2D eigenvalue weighted by Gasteiger charge is 2.34. The highest BCUT2D eigenvalue weighted by atomic mass is 16.5. The first kappa shape index (κ1) is 18.5. The first-order chi connectivity index (χ1) is 11.9. The molecule has 0 bridgehead atoms. The summed E-state index contributed by atoms with van der Waals surface area (Å²) in [6.45, 7) is 3.22. The van der Waals surface area contributed by atoms with Gasteiger partial charge in [0, 0.05) is 24.8 Å². The SMILES string of the molecule is COC(=O)C1=C(Nc2cc(NC(C)=O)ccc2C)C(=O)N(CCO)C1. The Kier molecular flexibility index (Phi) is 5.76. The molecule has 2 amide bonds. The van der Waals surface area contributed by atoms with E-state index in [1.165, 1.54) is 18.9 Å². The van der Waals surface area contributed by atoms with Crippen molar-refractivity contribution in [2.75, 3.05) is 37.4 Å². The number of β-amino-alcohol motifs (C(OH)–C–C–N with tert-alkyl or cyclic N) is 1. The smallest absolute Gasteiger partial charge is 0.337 e. The second-order valence-corrected chi connectivity index (χ2v) is 5.63. The third-order valence-corrected chi connectivity index (χ3v) is 3.77. The predicted molar refractivity (Wildman–Crippen MR) is 91.8 cm³/mol. The molecule has 0 unspecified atom stereocenters. The summed E-state index contributed by atoms with van der Waals surface area (Å²) in [5.74, 6) is -1.21. The molecule has 0 aromatic heterocycles. The zero-order chi connectivity index (χ0) is 18.6. The van der Waals surface area contributed by atoms with Crippen LogP contribution in [0.15, 0.2) is 29.5 Å². The largest absolute Gasteiger partial charge is 0.466 e. The number of methoxy groups -OCH3 is 1. The van der Waals surface area contributed by atoms with Gasteiger partial charge in [-0.1, -0.05) is 6.07 Å². The zero-order valence-corrected chi connectivity index (χ0v) is 14.4. The number of carbonyl (C=O) groups is 3. The summed E-state index contributed by atoms with van der Waals surface area (Å²) in [5, 5.41) is 14.7. The van der Waals surface area contributed by atoms with E-state index in [4.69, 9.17) is 9.84 Å². The Morgan fingerprint density at radius 1 is 1.36 bits per heavy atom. The van der Waals surface area contributed by atoms with E-state index in [0.717, 1.165) is 5.56 Å². The molecule has 0 spiro atoms. The fraction of sp³-hybridized carbons (Fsp3) is 0.353. The van der Waals surface area contributed by atoms with Gasteiger partial charge in [0.15, 0.2) is 0 Å². The van der Waals surface area contributed by atoms with E-state index in [1.54, 1.807) is 18.2 Å². The number of esters is 1. The highest BCUT2D eigenvalue weighted by molar-refractivity contribution is 6.08. The van der Waals surface area contributed by atoms with Crippen LogP contribution < -0.4 is 10.6 Å². The van der Waals surface area contributed by atoms with Gasteiger partial charge < -0.3 is 25.4 Å². The first-order valence-corrected chi connectivity index (χ1v) is 7.74. The number of rotatable bonds is 6. The molecule has 0 radical (unpaired) electrons. The number of aliphatic hydroxyl groups excluding tert-OH is 1. The van der Waals surface area contributed by atoms with Crippen molar-refractivity contribution in [3.8, 4) is 0 Å². The fourth-order valence-electron chi connectivity index (χ4n) is 2.52. The number of nitrogens with zero attached hydrogens (tertiary/aromatic N) is 1. The molecule has 25 heavy (non-hydrogen) atoms. The van der Waals surface area contributed by atoms with Crippen molar-refractivity contribution in [1.29, 1.82) is 0 Å². The number of hydrogen-bond acceptors (Lipinski definition) is 6. The van der Waals surface area contributed by atoms with Crippen LogP contribution in [-0.2, 0) is 19.1 Å². The monoisotopic (exact) mass is 347 g/mol. The maximum Gasteiger partial charge on any atom is 0.337 e. The van der Waals surface area contributed by atoms with E-state index in [1.807, 2.05) is 6.92 Å². The van der Waals surface area contributed by atoms with Crippen LogP contribution >= 0.6 is 0 Å². The number of aliphatic hydroxyl groups is 1. The molecule has 3 N–H and O–H groups in total. The number of ether oxygens (including phenoxy) is 1. The maximum absolute atomic E-state index is 12.5. The lowest BCUT2D eigenvalue weighted by Gasteiger charge is -2.16. The summed E-state index contributed by atoms with van der Waals surface area (Å²) >= 11 is 0. The third kappa shape index (κ3) is 4.16. The van der Waals surface area contributed by atoms with Crippen LogP contribution in [0.4, 0.5) is 11.4 Å². The summed E-state index contributed by atoms with van der Waals surface area (Å²) in [5.41, 5.74) is 2.30. The molecule has 1 aromatic carbocycles. The minimum absolute atomic E-state index is 0.0683. The van der Waals surface area contributed by atoms with Crippen LogP contribution in [0.25, 0.3) is 0 Å². The third-order valence-electron chi connectivity index (χ3n) is 3.77. The van der Waals surface area contributed by atoms with Gasteiger partial charge in [0.25, 0.3) is 5.91 Å². The molecule has 0 fully saturated rings. The van der Waals surface area contributed by atoms with E-state index in [0.29, 0.717) is 11.4 Å². The van der Waals surface area contributed by atoms with Gasteiger partial charge >= 0.3 is 5.97 Å². The van der Waals surface area contributed by atoms with E-state index < -0.39 is 11.9 Å². The minimum Gasteiger partial charge on any atom is -0.466 e. The standard InChI is InChI=1S/C17H21N3O5/c1-10-4-5-12(18-11(2)22)8-14(10)19-15-13(17(24)25-3)9-20(6-7-21)16(15)23/h4-5,8,19,21H,6-7,9H2,1-3H3,(H,18,22). The molecule has 1 heterocycles. The Morgan fingerprint density at radius 3 is 2.68 bits per heavy atom. The summed E-state index contributed by atoms with van der Waals surface area (Å²) in [7, 11) is 1.24. The second kappa shape index (κ2) is 7.80. The van der Waals surface area contributed by atoms with Crippen LogP contribution in [-0.4, -0.2) is 54.6 Å². The van der Waals surface area contributed by atoms with Gasteiger partial charge in [-0.3, -0.25) is 9.59 Å². The van der Waals surface area contributed by atoms with Crippen molar-refractivity contribution in [3.63, 3.8) is 0 Å². The van der Waals surface area contributed by atoms with Crippen LogP contribution in [0.1, 0.15) is 12.5 Å². The van der Waals surface area contributed by atoms with Crippen molar-refractivity contribution in [2.45, 2.75) is 13.8 Å². The molecule has 1 aromatic rings. The molecule has 134 valence electrons. The molecule has 1 aliphatic rings. The number of anilines is 2. The van der Waals surface area contributed by atoms with Gasteiger partial charge in [0.1, 0.15) is 5.70 Å². The normalized spacial score (nSPS) is 13.9. The first-order valence-electron chi connectivity index (χ1n) is 7.74. The zero-order valence-electron chi connectivity index (χ0n) is 14.4. The molecule has 0 aliphatic carbocycles. The summed E-state index contributed by atoms with van der Waals surface area (Å²) in [6, 6.07) is 5.21. The van der Waals surface area contributed by atoms with Crippen LogP contribution in [0.5, 0.6) is 0 Å². The van der Waals surface area contributed by atoms with Crippen molar-refractivity contribution in [3.05, 3.63) is 35.0 Å². The molecule has 2 rings (SSSR count). The molecule has 0 saturated heterocycles. The van der Waals surface area contributed by atoms with E-state index in [2.05, 4.69) is 10.6 Å². The number of nitrogens with one attached hydrogen (secondary N) is 2. The van der Waals surface area contributed by atoms with E-state index in [9.17, 15) is 14.4 Å². The summed E-state index contributed by atoms with van der Waals surface area (Å²) in [6.07, 6.45) is 0. The van der Waals surface area contributed by atoms with Gasteiger partial charge in [-0.25, -0.2) is 4.79 Å². The molecule has 0 saturated carbocycles. The Balaban J connectivity index is 2.36. The average Bonchev–Trinajstić information content (AvgIpc) is 2.86. The van der Waals surface area contributed by atoms with Gasteiger partial charge in [-0.15, -0.1) is 0 Å². The van der Waals surface area contributed by atoms with Crippen molar-refractivity contribution < 1.29 is 24.2 Å². The lowest BCUT2D eigenvalue weighted by molar-refractivity contribution is -0.136. The van der Waals surface area contributed by atoms with Crippen LogP contribution in [0, 0.1) is 6.92 Å². The fourth-order valence-corrected chi connectivity index (χ4v) is 2.52. The topological polar surface area (TPSA) is 108 Å². The van der Waals surface area contributed by atoms with Gasteiger partial charge in [-0.2, -0.15) is 0 Å². The predicted octanol–water partition coefficient (Wildman–Crippen LogP) is 0.627. The number of hydrogen-bond donors (Lipinski definition) is 3. The molecule has 8 nitrogen and oxygen atoms in total. The quantitative estimate of drug-likeness (QED) is 0.652. The second-order valence-electron chi connectivity index (χ2n) is 5.63. The summed E-state index contributed by atoms with van der Waals surface area (Å²) < 4.78 is 4.75. The number of aryl methyl sites for hydroxylation is 1. The van der Waals surface area contributed by atoms with Crippen molar-refractivity contribution in [1.82, 2.24) is 4.90 Å².